The molecule has 1 saturated heterocycles. The van der Waals surface area contributed by atoms with Gasteiger partial charge in [0.05, 0.1) is 11.0 Å². The van der Waals surface area contributed by atoms with E-state index in [1.165, 1.54) is 0 Å². The molecule has 2 unspecified atom stereocenters. The molecule has 1 heterocycles. The lowest BCUT2D eigenvalue weighted by Gasteiger charge is -2.27. The van der Waals surface area contributed by atoms with Gasteiger partial charge in [-0.3, -0.25) is 4.79 Å². The molecule has 0 aromatic heterocycles. The van der Waals surface area contributed by atoms with Crippen LogP contribution in [0.5, 0.6) is 0 Å². The van der Waals surface area contributed by atoms with E-state index in [9.17, 15) is 9.90 Å². The molecule has 92 valence electrons. The number of aliphatic hydroxyl groups is 1. The zero-order valence-electron chi connectivity index (χ0n) is 9.43. The molecule has 0 spiro atoms. The molecule has 0 bridgehead atoms. The summed E-state index contributed by atoms with van der Waals surface area (Å²) in [5, 5.41) is 9.64. The summed E-state index contributed by atoms with van der Waals surface area (Å²) in [5.41, 5.74) is 12.7. The van der Waals surface area contributed by atoms with Crippen molar-refractivity contribution in [3.63, 3.8) is 0 Å². The van der Waals surface area contributed by atoms with Crippen molar-refractivity contribution in [1.29, 1.82) is 0 Å². The minimum atomic E-state index is -0.505. The third kappa shape index (κ3) is 2.56. The first kappa shape index (κ1) is 12.3. The van der Waals surface area contributed by atoms with Crippen molar-refractivity contribution in [3.05, 3.63) is 29.3 Å². The molecule has 1 aromatic rings. The van der Waals surface area contributed by atoms with Crippen LogP contribution in [0.25, 0.3) is 0 Å². The molecule has 1 fully saturated rings. The fourth-order valence-electron chi connectivity index (χ4n) is 2.21. The molecule has 2 atom stereocenters. The average Bonchev–Trinajstić information content (AvgIpc) is 2.29. The highest BCUT2D eigenvalue weighted by atomic mass is 32.2. The van der Waals surface area contributed by atoms with Gasteiger partial charge in [-0.25, -0.2) is 0 Å². The van der Waals surface area contributed by atoms with E-state index >= 15 is 0 Å². The van der Waals surface area contributed by atoms with Gasteiger partial charge in [0.25, 0.3) is 5.91 Å². The standard InChI is InChI=1S/C12H16N2O2S/c13-11-8(2-1-3-9(11)12(14)16)7-4-5-17-10(15)6-7/h1-3,7,10,15H,4-6,13H2,(H2,14,16). The number of carbonyl (C=O) groups excluding carboxylic acids is 1. The molecular formula is C12H16N2O2S. The molecule has 1 aliphatic rings. The number of thioether (sulfide) groups is 1. The molecule has 0 aliphatic carbocycles. The summed E-state index contributed by atoms with van der Waals surface area (Å²) < 4.78 is 0. The van der Waals surface area contributed by atoms with Crippen LogP contribution in [0.2, 0.25) is 0 Å². The van der Waals surface area contributed by atoms with Crippen molar-refractivity contribution in [2.24, 2.45) is 5.73 Å². The summed E-state index contributed by atoms with van der Waals surface area (Å²) >= 11 is 1.56. The predicted molar refractivity (Wildman–Crippen MR) is 69.8 cm³/mol. The van der Waals surface area contributed by atoms with Crippen LogP contribution in [0, 0.1) is 0 Å². The van der Waals surface area contributed by atoms with E-state index in [2.05, 4.69) is 0 Å². The van der Waals surface area contributed by atoms with Crippen molar-refractivity contribution < 1.29 is 9.90 Å². The van der Waals surface area contributed by atoms with Crippen LogP contribution in [-0.2, 0) is 0 Å². The van der Waals surface area contributed by atoms with Crippen LogP contribution < -0.4 is 11.5 Å². The third-order valence-corrected chi connectivity index (χ3v) is 4.16. The fourth-order valence-corrected chi connectivity index (χ4v) is 3.27. The minimum absolute atomic E-state index is 0.213. The van der Waals surface area contributed by atoms with Gasteiger partial charge in [0.2, 0.25) is 0 Å². The number of primary amides is 1. The van der Waals surface area contributed by atoms with Crippen LogP contribution >= 0.6 is 11.8 Å². The number of anilines is 1. The maximum absolute atomic E-state index is 11.2. The lowest BCUT2D eigenvalue weighted by Crippen LogP contribution is -2.19. The third-order valence-electron chi connectivity index (χ3n) is 3.11. The molecular weight excluding hydrogens is 236 g/mol. The van der Waals surface area contributed by atoms with Gasteiger partial charge in [-0.05, 0) is 36.1 Å². The van der Waals surface area contributed by atoms with Crippen LogP contribution in [0.3, 0.4) is 0 Å². The number of amides is 1. The summed E-state index contributed by atoms with van der Waals surface area (Å²) in [5.74, 6) is 0.618. The number of carbonyl (C=O) groups is 1. The Bertz CT molecular complexity index is 437. The second kappa shape index (κ2) is 4.98. The summed E-state index contributed by atoms with van der Waals surface area (Å²) in [4.78, 5) is 11.2. The van der Waals surface area contributed by atoms with E-state index in [1.54, 1.807) is 23.9 Å². The maximum atomic E-state index is 11.2. The summed E-state index contributed by atoms with van der Waals surface area (Å²) in [6, 6.07) is 5.34. The van der Waals surface area contributed by atoms with Gasteiger partial charge in [0.15, 0.2) is 0 Å². The zero-order chi connectivity index (χ0) is 12.4. The van der Waals surface area contributed by atoms with Crippen molar-refractivity contribution in [2.75, 3.05) is 11.5 Å². The van der Waals surface area contributed by atoms with Crippen molar-refractivity contribution in [1.82, 2.24) is 0 Å². The highest BCUT2D eigenvalue weighted by Gasteiger charge is 2.24. The van der Waals surface area contributed by atoms with E-state index in [0.717, 1.165) is 17.7 Å². The first-order chi connectivity index (χ1) is 8.09. The number of aliphatic hydroxyl groups excluding tert-OH is 1. The Morgan fingerprint density at radius 1 is 1.47 bits per heavy atom. The Morgan fingerprint density at radius 2 is 2.24 bits per heavy atom. The largest absolute Gasteiger partial charge is 0.398 e. The van der Waals surface area contributed by atoms with Gasteiger partial charge in [-0.15, -0.1) is 11.8 Å². The Morgan fingerprint density at radius 3 is 2.88 bits per heavy atom. The smallest absolute Gasteiger partial charge is 0.250 e. The van der Waals surface area contributed by atoms with E-state index in [1.807, 2.05) is 6.07 Å². The summed E-state index contributed by atoms with van der Waals surface area (Å²) in [6.45, 7) is 0. The van der Waals surface area contributed by atoms with Crippen LogP contribution in [0.1, 0.15) is 34.7 Å². The topological polar surface area (TPSA) is 89.3 Å². The normalized spacial score (nSPS) is 24.5. The Kier molecular flexibility index (Phi) is 3.59. The first-order valence-corrected chi connectivity index (χ1v) is 6.62. The minimum Gasteiger partial charge on any atom is -0.398 e. The molecule has 5 heteroatoms. The summed E-state index contributed by atoms with van der Waals surface area (Å²) in [6.07, 6.45) is 1.64. The molecule has 1 aromatic carbocycles. The average molecular weight is 252 g/mol. The second-order valence-electron chi connectivity index (χ2n) is 4.22. The second-order valence-corrected chi connectivity index (χ2v) is 5.51. The molecule has 1 amide bonds. The molecule has 0 saturated carbocycles. The molecule has 4 nitrogen and oxygen atoms in total. The molecule has 1 aliphatic heterocycles. The fraction of sp³-hybridized carbons (Fsp3) is 0.417. The van der Waals surface area contributed by atoms with Crippen molar-refractivity contribution >= 4 is 23.4 Å². The number of benzene rings is 1. The maximum Gasteiger partial charge on any atom is 0.250 e. The van der Waals surface area contributed by atoms with Gasteiger partial charge in [-0.1, -0.05) is 12.1 Å². The molecule has 2 rings (SSSR count). The molecule has 0 radical (unpaired) electrons. The van der Waals surface area contributed by atoms with Crippen LogP contribution in [0.4, 0.5) is 5.69 Å². The number of nitrogens with two attached hydrogens (primary N) is 2. The van der Waals surface area contributed by atoms with E-state index in [-0.39, 0.29) is 11.4 Å². The van der Waals surface area contributed by atoms with E-state index < -0.39 is 5.91 Å². The number of hydrogen-bond donors (Lipinski definition) is 3. The predicted octanol–water partition coefficient (Wildman–Crippen LogP) is 1.30. The monoisotopic (exact) mass is 252 g/mol. The van der Waals surface area contributed by atoms with Gasteiger partial charge >= 0.3 is 0 Å². The van der Waals surface area contributed by atoms with Gasteiger partial charge in [-0.2, -0.15) is 0 Å². The SMILES string of the molecule is NC(=O)c1cccc(C2CCSC(O)C2)c1N. The molecule has 17 heavy (non-hydrogen) atoms. The Labute approximate surface area is 104 Å². The Balaban J connectivity index is 2.32. The highest BCUT2D eigenvalue weighted by Crippen LogP contribution is 2.38. The van der Waals surface area contributed by atoms with E-state index in [0.29, 0.717) is 17.7 Å². The number of rotatable bonds is 2. The molecule has 5 N–H and O–H groups in total. The quantitative estimate of drug-likeness (QED) is 0.692. The highest BCUT2D eigenvalue weighted by molar-refractivity contribution is 7.99. The van der Waals surface area contributed by atoms with Gasteiger partial charge < -0.3 is 16.6 Å². The lowest BCUT2D eigenvalue weighted by atomic mass is 9.90. The van der Waals surface area contributed by atoms with Gasteiger partial charge in [0, 0.05) is 5.69 Å². The van der Waals surface area contributed by atoms with E-state index in [4.69, 9.17) is 11.5 Å². The van der Waals surface area contributed by atoms with Crippen LogP contribution in [-0.4, -0.2) is 22.2 Å². The summed E-state index contributed by atoms with van der Waals surface area (Å²) in [7, 11) is 0. The lowest BCUT2D eigenvalue weighted by molar-refractivity contribution is 0.100. The Hall–Kier alpha value is -1.20. The number of nitrogen functional groups attached to an aromatic ring is 1. The van der Waals surface area contributed by atoms with Crippen LogP contribution in [0.15, 0.2) is 18.2 Å². The number of para-hydroxylation sites is 1. The van der Waals surface area contributed by atoms with Crippen molar-refractivity contribution in [2.45, 2.75) is 24.2 Å². The first-order valence-electron chi connectivity index (χ1n) is 5.57. The van der Waals surface area contributed by atoms with Crippen molar-refractivity contribution in [3.8, 4) is 0 Å². The number of hydrogen-bond acceptors (Lipinski definition) is 4. The zero-order valence-corrected chi connectivity index (χ0v) is 10.2. The van der Waals surface area contributed by atoms with Gasteiger partial charge in [0.1, 0.15) is 0 Å².